The number of hydrogen-bond donors (Lipinski definition) is 1. The number of fused-ring (bicyclic) bond motifs is 2. The van der Waals surface area contributed by atoms with Crippen LogP contribution in [0.1, 0.15) is 6.42 Å². The molecular weight excluding hydrogens is 162 g/mol. The van der Waals surface area contributed by atoms with Gasteiger partial charge in [-0.25, -0.2) is 0 Å². The Morgan fingerprint density at radius 2 is 2.54 bits per heavy atom. The molecule has 2 fully saturated rings. The van der Waals surface area contributed by atoms with Gasteiger partial charge in [-0.15, -0.1) is 0 Å². The van der Waals surface area contributed by atoms with Crippen LogP contribution in [0.15, 0.2) is 24.5 Å². The molecule has 2 bridgehead atoms. The number of aromatic nitrogens is 1. The SMILES string of the molecule is c1cncc(N2C[C@H]3C[C@@H]2CN3)c1. The number of piperazine rings is 1. The van der Waals surface area contributed by atoms with Crippen LogP contribution in [0, 0.1) is 0 Å². The highest BCUT2D eigenvalue weighted by atomic mass is 15.3. The standard InChI is InChI=1S/C10H13N3/c1-2-9(5-11-3-1)13-7-8-4-10(13)6-12-8/h1-3,5,8,10,12H,4,6-7H2/t8-,10-/m1/s1. The summed E-state index contributed by atoms with van der Waals surface area (Å²) in [5.41, 5.74) is 1.27. The van der Waals surface area contributed by atoms with Crippen LogP contribution in [0.3, 0.4) is 0 Å². The lowest BCUT2D eigenvalue weighted by atomic mass is 10.2. The third-order valence-corrected chi connectivity index (χ3v) is 3.03. The molecule has 0 spiro atoms. The first kappa shape index (κ1) is 7.33. The smallest absolute Gasteiger partial charge is 0.0556 e. The molecule has 0 radical (unpaired) electrons. The van der Waals surface area contributed by atoms with Crippen molar-refractivity contribution in [3.63, 3.8) is 0 Å². The summed E-state index contributed by atoms with van der Waals surface area (Å²) in [5, 5.41) is 3.49. The second-order valence-corrected chi connectivity index (χ2v) is 3.86. The van der Waals surface area contributed by atoms with Crippen molar-refractivity contribution < 1.29 is 0 Å². The highest BCUT2D eigenvalue weighted by molar-refractivity contribution is 5.47. The van der Waals surface area contributed by atoms with Crippen LogP contribution in [-0.2, 0) is 0 Å². The number of pyridine rings is 1. The normalized spacial score (nSPS) is 31.2. The first-order chi connectivity index (χ1) is 6.43. The number of hydrogen-bond acceptors (Lipinski definition) is 3. The van der Waals surface area contributed by atoms with Gasteiger partial charge in [0.15, 0.2) is 0 Å². The van der Waals surface area contributed by atoms with E-state index in [1.54, 1.807) is 0 Å². The van der Waals surface area contributed by atoms with Crippen molar-refractivity contribution in [3.8, 4) is 0 Å². The lowest BCUT2D eigenvalue weighted by Crippen LogP contribution is -2.43. The maximum Gasteiger partial charge on any atom is 0.0556 e. The Kier molecular flexibility index (Phi) is 1.52. The topological polar surface area (TPSA) is 28.2 Å². The zero-order chi connectivity index (χ0) is 8.67. The van der Waals surface area contributed by atoms with E-state index in [-0.39, 0.29) is 0 Å². The predicted octanol–water partition coefficient (Wildman–Crippen LogP) is 0.632. The lowest BCUT2D eigenvalue weighted by molar-refractivity contribution is 0.579. The summed E-state index contributed by atoms with van der Waals surface area (Å²) in [6.45, 7) is 2.29. The molecule has 3 rings (SSSR count). The number of rotatable bonds is 1. The van der Waals surface area contributed by atoms with Crippen LogP contribution in [0.25, 0.3) is 0 Å². The van der Waals surface area contributed by atoms with Gasteiger partial charge < -0.3 is 10.2 Å². The summed E-state index contributed by atoms with van der Waals surface area (Å²) in [7, 11) is 0. The fourth-order valence-electron chi connectivity index (χ4n) is 2.40. The molecule has 3 heterocycles. The summed E-state index contributed by atoms with van der Waals surface area (Å²) in [4.78, 5) is 6.62. The average molecular weight is 175 g/mol. The molecule has 0 amide bonds. The molecule has 1 aromatic rings. The Hall–Kier alpha value is -1.09. The van der Waals surface area contributed by atoms with Gasteiger partial charge in [-0.3, -0.25) is 4.98 Å². The highest BCUT2D eigenvalue weighted by Crippen LogP contribution is 2.28. The molecule has 2 atom stereocenters. The maximum atomic E-state index is 4.15. The van der Waals surface area contributed by atoms with Crippen LogP contribution >= 0.6 is 0 Å². The highest BCUT2D eigenvalue weighted by Gasteiger charge is 2.37. The van der Waals surface area contributed by atoms with Crippen molar-refractivity contribution in [1.82, 2.24) is 10.3 Å². The van der Waals surface area contributed by atoms with Gasteiger partial charge in [0.25, 0.3) is 0 Å². The second kappa shape index (κ2) is 2.70. The minimum absolute atomic E-state index is 0.703. The summed E-state index contributed by atoms with van der Waals surface area (Å²) in [6.07, 6.45) is 5.09. The number of anilines is 1. The van der Waals surface area contributed by atoms with Gasteiger partial charge in [0.05, 0.1) is 11.9 Å². The fourth-order valence-corrected chi connectivity index (χ4v) is 2.40. The van der Waals surface area contributed by atoms with Crippen LogP contribution < -0.4 is 10.2 Å². The van der Waals surface area contributed by atoms with Gasteiger partial charge in [-0.2, -0.15) is 0 Å². The van der Waals surface area contributed by atoms with Gasteiger partial charge >= 0.3 is 0 Å². The Balaban J connectivity index is 1.87. The first-order valence-electron chi connectivity index (χ1n) is 4.83. The van der Waals surface area contributed by atoms with Crippen LogP contribution in [-0.4, -0.2) is 30.2 Å². The fraction of sp³-hybridized carbons (Fsp3) is 0.500. The molecule has 3 nitrogen and oxygen atoms in total. The zero-order valence-electron chi connectivity index (χ0n) is 7.48. The molecule has 1 aromatic heterocycles. The second-order valence-electron chi connectivity index (χ2n) is 3.86. The maximum absolute atomic E-state index is 4.15. The van der Waals surface area contributed by atoms with Crippen LogP contribution in [0.4, 0.5) is 5.69 Å². The number of nitrogens with one attached hydrogen (secondary N) is 1. The summed E-state index contributed by atoms with van der Waals surface area (Å²) in [6, 6.07) is 5.57. The Labute approximate surface area is 77.8 Å². The van der Waals surface area contributed by atoms with Crippen molar-refractivity contribution in [2.45, 2.75) is 18.5 Å². The summed E-state index contributed by atoms with van der Waals surface area (Å²) >= 11 is 0. The monoisotopic (exact) mass is 175 g/mol. The van der Waals surface area contributed by atoms with Gasteiger partial charge in [0.2, 0.25) is 0 Å². The quantitative estimate of drug-likeness (QED) is 0.678. The first-order valence-corrected chi connectivity index (χ1v) is 4.83. The van der Waals surface area contributed by atoms with E-state index in [1.807, 2.05) is 18.5 Å². The summed E-state index contributed by atoms with van der Waals surface area (Å²) in [5.74, 6) is 0. The Bertz CT molecular complexity index is 298. The molecule has 13 heavy (non-hydrogen) atoms. The van der Waals surface area contributed by atoms with Gasteiger partial charge in [-0.1, -0.05) is 0 Å². The zero-order valence-corrected chi connectivity index (χ0v) is 7.48. The van der Waals surface area contributed by atoms with E-state index >= 15 is 0 Å². The number of nitrogens with zero attached hydrogens (tertiary/aromatic N) is 2. The Morgan fingerprint density at radius 3 is 3.15 bits per heavy atom. The van der Waals surface area contributed by atoms with Gasteiger partial charge in [0, 0.05) is 31.4 Å². The van der Waals surface area contributed by atoms with E-state index in [9.17, 15) is 0 Å². The molecule has 2 aliphatic rings. The molecule has 1 N–H and O–H groups in total. The molecule has 3 heteroatoms. The van der Waals surface area contributed by atoms with E-state index < -0.39 is 0 Å². The molecule has 0 unspecified atom stereocenters. The van der Waals surface area contributed by atoms with E-state index in [0.717, 1.165) is 13.1 Å². The van der Waals surface area contributed by atoms with Crippen molar-refractivity contribution in [2.24, 2.45) is 0 Å². The van der Waals surface area contributed by atoms with Gasteiger partial charge in [0.1, 0.15) is 0 Å². The lowest BCUT2D eigenvalue weighted by Gasteiger charge is -2.29. The van der Waals surface area contributed by atoms with Crippen LogP contribution in [0.5, 0.6) is 0 Å². The third kappa shape index (κ3) is 1.11. The average Bonchev–Trinajstić information content (AvgIpc) is 2.80. The van der Waals surface area contributed by atoms with Crippen molar-refractivity contribution in [2.75, 3.05) is 18.0 Å². The van der Waals surface area contributed by atoms with Crippen molar-refractivity contribution >= 4 is 5.69 Å². The third-order valence-electron chi connectivity index (χ3n) is 3.03. The summed E-state index contributed by atoms with van der Waals surface area (Å²) < 4.78 is 0. The van der Waals surface area contributed by atoms with Crippen molar-refractivity contribution in [1.29, 1.82) is 0 Å². The molecule has 0 aliphatic carbocycles. The molecule has 68 valence electrons. The Morgan fingerprint density at radius 1 is 1.54 bits per heavy atom. The van der Waals surface area contributed by atoms with Crippen molar-refractivity contribution in [3.05, 3.63) is 24.5 Å². The molecule has 0 aromatic carbocycles. The molecule has 2 saturated heterocycles. The van der Waals surface area contributed by atoms with E-state index in [0.29, 0.717) is 12.1 Å². The molecular formula is C10H13N3. The minimum atomic E-state index is 0.703. The predicted molar refractivity (Wildman–Crippen MR) is 51.8 cm³/mol. The van der Waals surface area contributed by atoms with E-state index in [4.69, 9.17) is 0 Å². The van der Waals surface area contributed by atoms with Crippen LogP contribution in [0.2, 0.25) is 0 Å². The largest absolute Gasteiger partial charge is 0.364 e. The molecule has 0 saturated carbocycles. The minimum Gasteiger partial charge on any atom is -0.364 e. The molecule has 2 aliphatic heterocycles. The van der Waals surface area contributed by atoms with E-state index in [1.165, 1.54) is 12.1 Å². The van der Waals surface area contributed by atoms with E-state index in [2.05, 4.69) is 21.3 Å². The van der Waals surface area contributed by atoms with Gasteiger partial charge in [-0.05, 0) is 18.6 Å².